The Balaban J connectivity index is 2.44. The quantitative estimate of drug-likeness (QED) is 0.778. The molecular formula is C10H7ClF3N3. The molecule has 0 fully saturated rings. The van der Waals surface area contributed by atoms with Crippen LogP contribution in [0.4, 0.5) is 13.2 Å². The van der Waals surface area contributed by atoms with Gasteiger partial charge in [0.1, 0.15) is 0 Å². The van der Waals surface area contributed by atoms with Gasteiger partial charge in [-0.15, -0.1) is 11.6 Å². The Labute approximate surface area is 99.8 Å². The molecule has 0 radical (unpaired) electrons. The molecule has 0 bridgehead atoms. The summed E-state index contributed by atoms with van der Waals surface area (Å²) >= 11 is 5.68. The molecule has 0 aliphatic rings. The van der Waals surface area contributed by atoms with Crippen molar-refractivity contribution in [2.45, 2.75) is 12.1 Å². The second-order valence-corrected chi connectivity index (χ2v) is 3.56. The van der Waals surface area contributed by atoms with Crippen molar-refractivity contribution in [2.24, 2.45) is 0 Å². The van der Waals surface area contributed by atoms with Crippen LogP contribution in [0.15, 0.2) is 30.7 Å². The zero-order valence-corrected chi connectivity index (χ0v) is 9.20. The van der Waals surface area contributed by atoms with E-state index in [4.69, 9.17) is 11.6 Å². The van der Waals surface area contributed by atoms with Crippen LogP contribution < -0.4 is 0 Å². The van der Waals surface area contributed by atoms with Crippen LogP contribution in [0.25, 0.3) is 5.82 Å². The second-order valence-electron chi connectivity index (χ2n) is 3.29. The number of hydrogen-bond donors (Lipinski definition) is 0. The highest BCUT2D eigenvalue weighted by Gasteiger charge is 2.32. The summed E-state index contributed by atoms with van der Waals surface area (Å²) in [4.78, 5) is 3.96. The molecule has 0 aliphatic heterocycles. The first-order valence-electron chi connectivity index (χ1n) is 4.64. The highest BCUT2D eigenvalue weighted by molar-refractivity contribution is 6.17. The molecule has 0 aromatic carbocycles. The molecule has 0 saturated heterocycles. The predicted octanol–water partition coefficient (Wildman–Crippen LogP) is 3.02. The molecule has 0 unspecified atom stereocenters. The van der Waals surface area contributed by atoms with Crippen molar-refractivity contribution in [2.75, 3.05) is 0 Å². The van der Waals surface area contributed by atoms with E-state index in [1.165, 1.54) is 6.20 Å². The van der Waals surface area contributed by atoms with Gasteiger partial charge in [0.2, 0.25) is 0 Å². The van der Waals surface area contributed by atoms with Gasteiger partial charge in [-0.05, 0) is 6.07 Å². The van der Waals surface area contributed by atoms with Crippen LogP contribution in [0.3, 0.4) is 0 Å². The van der Waals surface area contributed by atoms with E-state index < -0.39 is 11.7 Å². The summed E-state index contributed by atoms with van der Waals surface area (Å²) in [5, 5.41) is 3.64. The van der Waals surface area contributed by atoms with Crippen LogP contribution in [-0.2, 0) is 12.1 Å². The van der Waals surface area contributed by atoms with Crippen LogP contribution in [-0.4, -0.2) is 14.8 Å². The van der Waals surface area contributed by atoms with E-state index in [1.807, 2.05) is 0 Å². The third-order valence-electron chi connectivity index (χ3n) is 2.14. The minimum Gasteiger partial charge on any atom is -0.237 e. The SMILES string of the molecule is FC(F)(F)c1cnn(-c2ncccc2CCl)c1. The fourth-order valence-corrected chi connectivity index (χ4v) is 1.53. The highest BCUT2D eigenvalue weighted by Crippen LogP contribution is 2.29. The van der Waals surface area contributed by atoms with Crippen molar-refractivity contribution in [3.05, 3.63) is 41.9 Å². The van der Waals surface area contributed by atoms with Crippen molar-refractivity contribution >= 4 is 11.6 Å². The van der Waals surface area contributed by atoms with Gasteiger partial charge >= 0.3 is 6.18 Å². The Morgan fingerprint density at radius 1 is 1.35 bits per heavy atom. The monoisotopic (exact) mass is 261 g/mol. The first kappa shape index (κ1) is 11.9. The Morgan fingerprint density at radius 2 is 2.12 bits per heavy atom. The van der Waals surface area contributed by atoms with E-state index in [-0.39, 0.29) is 5.88 Å². The van der Waals surface area contributed by atoms with Crippen molar-refractivity contribution in [3.8, 4) is 5.82 Å². The molecule has 0 spiro atoms. The van der Waals surface area contributed by atoms with Crippen molar-refractivity contribution in [1.29, 1.82) is 0 Å². The van der Waals surface area contributed by atoms with Gasteiger partial charge in [-0.2, -0.15) is 18.3 Å². The molecule has 0 aliphatic carbocycles. The molecule has 0 saturated carbocycles. The third-order valence-corrected chi connectivity index (χ3v) is 2.43. The van der Waals surface area contributed by atoms with Gasteiger partial charge in [-0.1, -0.05) is 6.07 Å². The summed E-state index contributed by atoms with van der Waals surface area (Å²) in [5.41, 5.74) is -0.199. The van der Waals surface area contributed by atoms with Crippen LogP contribution in [0, 0.1) is 0 Å². The third kappa shape index (κ3) is 2.41. The molecule has 2 heterocycles. The Morgan fingerprint density at radius 3 is 2.71 bits per heavy atom. The summed E-state index contributed by atoms with van der Waals surface area (Å²) in [6.45, 7) is 0. The average Bonchev–Trinajstić information content (AvgIpc) is 2.77. The lowest BCUT2D eigenvalue weighted by Gasteiger charge is -2.05. The van der Waals surface area contributed by atoms with E-state index in [0.717, 1.165) is 17.1 Å². The minimum absolute atomic E-state index is 0.157. The molecule has 2 aromatic rings. The smallest absolute Gasteiger partial charge is 0.237 e. The van der Waals surface area contributed by atoms with E-state index in [9.17, 15) is 13.2 Å². The summed E-state index contributed by atoms with van der Waals surface area (Å²) in [7, 11) is 0. The molecular weight excluding hydrogens is 255 g/mol. The number of nitrogens with zero attached hydrogens (tertiary/aromatic N) is 3. The average molecular weight is 262 g/mol. The van der Waals surface area contributed by atoms with E-state index in [2.05, 4.69) is 10.1 Å². The maximum Gasteiger partial charge on any atom is 0.419 e. The second kappa shape index (κ2) is 4.37. The fourth-order valence-electron chi connectivity index (χ4n) is 1.33. The van der Waals surface area contributed by atoms with Crippen molar-refractivity contribution in [1.82, 2.24) is 14.8 Å². The molecule has 17 heavy (non-hydrogen) atoms. The number of halogens is 4. The summed E-state index contributed by atoms with van der Waals surface area (Å²) in [5.74, 6) is 0.461. The highest BCUT2D eigenvalue weighted by atomic mass is 35.5. The zero-order valence-electron chi connectivity index (χ0n) is 8.45. The van der Waals surface area contributed by atoms with Gasteiger partial charge in [0.25, 0.3) is 0 Å². The van der Waals surface area contributed by atoms with Gasteiger partial charge in [0.05, 0.1) is 17.6 Å². The lowest BCUT2D eigenvalue weighted by atomic mass is 10.3. The molecule has 90 valence electrons. The zero-order chi connectivity index (χ0) is 12.5. The van der Waals surface area contributed by atoms with E-state index >= 15 is 0 Å². The first-order valence-corrected chi connectivity index (χ1v) is 5.18. The lowest BCUT2D eigenvalue weighted by Crippen LogP contribution is -2.04. The molecule has 7 heteroatoms. The molecule has 0 N–H and O–H groups in total. The molecule has 0 amide bonds. The van der Waals surface area contributed by atoms with Gasteiger partial charge in [-0.3, -0.25) is 0 Å². The topological polar surface area (TPSA) is 30.7 Å². The Hall–Kier alpha value is -1.56. The number of alkyl halides is 4. The minimum atomic E-state index is -4.41. The maximum absolute atomic E-state index is 12.4. The fraction of sp³-hybridized carbons (Fsp3) is 0.200. The number of rotatable bonds is 2. The largest absolute Gasteiger partial charge is 0.419 e. The van der Waals surface area contributed by atoms with Crippen LogP contribution in [0.2, 0.25) is 0 Å². The number of hydrogen-bond acceptors (Lipinski definition) is 2. The van der Waals surface area contributed by atoms with Gasteiger partial charge < -0.3 is 0 Å². The Kier molecular flexibility index (Phi) is 3.06. The molecule has 2 rings (SSSR count). The molecule has 3 nitrogen and oxygen atoms in total. The van der Waals surface area contributed by atoms with E-state index in [1.54, 1.807) is 12.1 Å². The normalized spacial score (nSPS) is 11.8. The summed E-state index contributed by atoms with van der Waals surface area (Å²) in [6, 6.07) is 3.35. The first-order chi connectivity index (χ1) is 8.02. The Bertz CT molecular complexity index is 522. The van der Waals surface area contributed by atoms with Crippen LogP contribution in [0.1, 0.15) is 11.1 Å². The number of pyridine rings is 1. The van der Waals surface area contributed by atoms with Gasteiger partial charge in [0.15, 0.2) is 5.82 Å². The molecule has 2 aromatic heterocycles. The summed E-state index contributed by atoms with van der Waals surface area (Å²) < 4.78 is 38.3. The maximum atomic E-state index is 12.4. The van der Waals surface area contributed by atoms with Crippen molar-refractivity contribution < 1.29 is 13.2 Å². The summed E-state index contributed by atoms with van der Waals surface area (Å²) in [6.07, 6.45) is -1.29. The van der Waals surface area contributed by atoms with Crippen LogP contribution in [0.5, 0.6) is 0 Å². The standard InChI is InChI=1S/C10H7ClF3N3/c11-4-7-2-1-3-15-9(7)17-6-8(5-16-17)10(12,13)14/h1-3,5-6H,4H2. The lowest BCUT2D eigenvalue weighted by molar-refractivity contribution is -0.137. The van der Waals surface area contributed by atoms with E-state index in [0.29, 0.717) is 11.4 Å². The molecule has 0 atom stereocenters. The van der Waals surface area contributed by atoms with Crippen LogP contribution >= 0.6 is 11.6 Å². The number of aromatic nitrogens is 3. The van der Waals surface area contributed by atoms with Crippen molar-refractivity contribution in [3.63, 3.8) is 0 Å². The predicted molar refractivity (Wildman–Crippen MR) is 55.9 cm³/mol. The van der Waals surface area contributed by atoms with Gasteiger partial charge in [0, 0.05) is 18.0 Å². The van der Waals surface area contributed by atoms with Gasteiger partial charge in [-0.25, -0.2) is 9.67 Å².